The first-order chi connectivity index (χ1) is 44.5. The van der Waals surface area contributed by atoms with Gasteiger partial charge in [-0.15, -0.1) is 0 Å². The minimum atomic E-state index is -4.84. The SMILES string of the molecule is Cc1cc(OCCCC(=O)NCCNC(=O)C(CS(=O)(=O)O)NC(=O)CN2CCN(CC(=O)OC(C)(C)C)CCN(CC(=O)OC(C)(C)C)CCN(CC(=O)OC(C)(C)C)CC2)cc(C)c1S(=O)(=O)N[C@H](CNC(=O)CCCCc1ccc2c(n1)NCCC2)C(=O)OC(C)(C)C. The second kappa shape index (κ2) is 37.4. The fourth-order valence-corrected chi connectivity index (χ4v) is 12.6. The van der Waals surface area contributed by atoms with Crippen molar-refractivity contribution in [2.45, 2.75) is 188 Å². The van der Waals surface area contributed by atoms with Gasteiger partial charge in [-0.1, -0.05) is 6.07 Å². The third-order valence-electron chi connectivity index (χ3n) is 14.4. The molecule has 1 aromatic carbocycles. The van der Waals surface area contributed by atoms with Gasteiger partial charge in [-0.05, 0) is 170 Å². The molecule has 1 aromatic heterocycles. The van der Waals surface area contributed by atoms with Crippen LogP contribution in [0.25, 0.3) is 0 Å². The van der Waals surface area contributed by atoms with E-state index in [1.807, 2.05) is 20.8 Å². The van der Waals surface area contributed by atoms with Crippen LogP contribution in [0.5, 0.6) is 5.75 Å². The Bertz CT molecular complexity index is 3130. The minimum Gasteiger partial charge on any atom is -0.494 e. The monoisotopic (exact) mass is 1390 g/mol. The zero-order valence-corrected chi connectivity index (χ0v) is 60.4. The summed E-state index contributed by atoms with van der Waals surface area (Å²) in [5.74, 6) is -4.86. The van der Waals surface area contributed by atoms with Crippen LogP contribution >= 0.6 is 0 Å². The van der Waals surface area contributed by atoms with E-state index < -0.39 is 102 Å². The molecule has 4 rings (SSSR count). The van der Waals surface area contributed by atoms with Crippen molar-refractivity contribution < 1.29 is 83.4 Å². The largest absolute Gasteiger partial charge is 0.494 e. The van der Waals surface area contributed by atoms with Crippen LogP contribution in [-0.4, -0.2) is 245 Å². The number of nitrogens with zero attached hydrogens (tertiary/aromatic N) is 5. The summed E-state index contributed by atoms with van der Waals surface area (Å²) in [6.07, 6.45) is 4.29. The first kappa shape index (κ1) is 81.8. The van der Waals surface area contributed by atoms with Crippen molar-refractivity contribution in [1.29, 1.82) is 0 Å². The van der Waals surface area contributed by atoms with E-state index in [0.717, 1.165) is 30.9 Å². The average molecular weight is 1390 g/mol. The van der Waals surface area contributed by atoms with Crippen molar-refractivity contribution in [2.75, 3.05) is 122 Å². The van der Waals surface area contributed by atoms with Gasteiger partial charge >= 0.3 is 23.9 Å². The van der Waals surface area contributed by atoms with Gasteiger partial charge < -0.3 is 50.3 Å². The number of amides is 4. The Kier molecular flexibility index (Phi) is 31.9. The van der Waals surface area contributed by atoms with E-state index in [9.17, 15) is 59.7 Å². The summed E-state index contributed by atoms with van der Waals surface area (Å²) in [5.41, 5.74) is -0.581. The molecule has 1 unspecified atom stereocenters. The first-order valence-corrected chi connectivity index (χ1v) is 35.9. The molecule has 3 heterocycles. The summed E-state index contributed by atoms with van der Waals surface area (Å²) in [5, 5.41) is 13.6. The number of fused-ring (bicyclic) bond motifs is 1. The summed E-state index contributed by atoms with van der Waals surface area (Å²) < 4.78 is 93.0. The molecular weight excluding hydrogens is 1290 g/mol. The van der Waals surface area contributed by atoms with Crippen molar-refractivity contribution in [3.8, 4) is 5.75 Å². The van der Waals surface area contributed by atoms with E-state index in [0.29, 0.717) is 49.2 Å². The highest BCUT2D eigenvalue weighted by molar-refractivity contribution is 7.89. The summed E-state index contributed by atoms with van der Waals surface area (Å²) in [6.45, 7) is 25.2. The van der Waals surface area contributed by atoms with Crippen LogP contribution < -0.4 is 36.0 Å². The maximum Gasteiger partial charge on any atom is 0.326 e. The molecule has 1 saturated heterocycles. The molecule has 0 bridgehead atoms. The number of hydrogen-bond acceptors (Lipinski definition) is 23. The van der Waals surface area contributed by atoms with Crippen LogP contribution in [-0.2, 0) is 90.3 Å². The normalized spacial score (nSPS) is 16.0. The molecule has 31 heteroatoms. The topological polar surface area (TPSA) is 369 Å². The molecule has 0 aliphatic carbocycles. The number of pyridine rings is 1. The number of nitrogens with one attached hydrogen (secondary N) is 6. The van der Waals surface area contributed by atoms with Gasteiger partial charge in [-0.2, -0.15) is 13.1 Å². The quantitative estimate of drug-likeness (QED) is 0.0247. The zero-order valence-electron chi connectivity index (χ0n) is 58.8. The maximum absolute atomic E-state index is 14.0. The molecule has 96 heavy (non-hydrogen) atoms. The Hall–Kier alpha value is -6.61. The fourth-order valence-electron chi connectivity index (χ4n) is 10.4. The van der Waals surface area contributed by atoms with Crippen molar-refractivity contribution in [3.05, 3.63) is 46.6 Å². The van der Waals surface area contributed by atoms with Gasteiger partial charge in [0.25, 0.3) is 10.1 Å². The summed E-state index contributed by atoms with van der Waals surface area (Å²) >= 11 is 0. The van der Waals surface area contributed by atoms with Crippen LogP contribution in [0.15, 0.2) is 29.2 Å². The van der Waals surface area contributed by atoms with Gasteiger partial charge in [-0.3, -0.25) is 62.5 Å². The molecule has 2 aliphatic rings. The predicted octanol–water partition coefficient (Wildman–Crippen LogP) is 2.59. The molecule has 2 aliphatic heterocycles. The standard InChI is InChI=1S/C65H107N11O18S2/c1-45-37-49(38-46(2)58(45)96(88,89)72-50(61(84)94-65(12,13)14)39-69-53(78)21-16-15-20-48-24-23-47-19-17-25-67-59(47)70-48)90-36-18-22-52(77)66-26-27-68-60(83)51(44-95(85,86)87)71-54(79)40-73-28-30-74(41-55(80)91-62(3,4)5)32-34-76(43-57(82)93-64(9,10)11)35-33-75(31-29-73)42-56(81)92-63(6,7)8/h23-24,37-38,50-51,72H,15-22,25-36,39-44H2,1-14H3,(H,66,77)(H,67,70)(H,68,83)(H,69,78)(H,71,79)(H,85,86,87)/t50-,51?/m1/s1. The number of carbonyl (C=O) groups excluding carboxylic acids is 8. The molecule has 0 saturated carbocycles. The van der Waals surface area contributed by atoms with Gasteiger partial charge in [0.2, 0.25) is 33.7 Å². The highest BCUT2D eigenvalue weighted by Crippen LogP contribution is 2.27. The van der Waals surface area contributed by atoms with E-state index in [1.165, 1.54) is 17.7 Å². The lowest BCUT2D eigenvalue weighted by Gasteiger charge is -2.34. The number of benzene rings is 1. The number of unbranched alkanes of at least 4 members (excludes halogenated alkanes) is 1. The number of ether oxygens (including phenoxy) is 5. The second-order valence-electron chi connectivity index (χ2n) is 28.3. The van der Waals surface area contributed by atoms with Gasteiger partial charge in [0, 0.05) is 97.1 Å². The lowest BCUT2D eigenvalue weighted by Crippen LogP contribution is -2.54. The van der Waals surface area contributed by atoms with E-state index in [2.05, 4.69) is 37.4 Å². The second-order valence-corrected chi connectivity index (χ2v) is 31.4. The lowest BCUT2D eigenvalue weighted by atomic mass is 10.1. The molecule has 542 valence electrons. The van der Waals surface area contributed by atoms with Crippen LogP contribution in [0.2, 0.25) is 0 Å². The Balaban J connectivity index is 1.31. The van der Waals surface area contributed by atoms with Crippen molar-refractivity contribution in [1.82, 2.24) is 50.6 Å². The molecule has 1 fully saturated rings. The lowest BCUT2D eigenvalue weighted by molar-refractivity contribution is -0.158. The molecule has 2 aromatic rings. The third kappa shape index (κ3) is 33.6. The van der Waals surface area contributed by atoms with E-state index in [-0.39, 0.29) is 122 Å². The molecule has 29 nitrogen and oxygen atoms in total. The number of aromatic nitrogens is 1. The van der Waals surface area contributed by atoms with E-state index in [1.54, 1.807) is 102 Å². The highest BCUT2D eigenvalue weighted by atomic mass is 32.2. The summed E-state index contributed by atoms with van der Waals surface area (Å²) in [4.78, 5) is 118. The number of carbonyl (C=O) groups is 8. The maximum atomic E-state index is 14.0. The van der Waals surface area contributed by atoms with Crippen LogP contribution in [0.1, 0.15) is 144 Å². The molecule has 0 radical (unpaired) electrons. The van der Waals surface area contributed by atoms with Gasteiger partial charge in [0.1, 0.15) is 51.8 Å². The van der Waals surface area contributed by atoms with Crippen molar-refractivity contribution in [2.24, 2.45) is 0 Å². The Morgan fingerprint density at radius 1 is 0.594 bits per heavy atom. The molecule has 2 atom stereocenters. The Morgan fingerprint density at radius 3 is 1.55 bits per heavy atom. The smallest absolute Gasteiger partial charge is 0.326 e. The van der Waals surface area contributed by atoms with E-state index in [4.69, 9.17) is 28.7 Å². The third-order valence-corrected chi connectivity index (χ3v) is 17.0. The number of sulfonamides is 1. The van der Waals surface area contributed by atoms with Crippen LogP contribution in [0, 0.1) is 13.8 Å². The number of esters is 4. The number of anilines is 1. The number of hydrogen-bond donors (Lipinski definition) is 7. The number of aryl methyl sites for hydroxylation is 4. The zero-order chi connectivity index (χ0) is 71.8. The Morgan fingerprint density at radius 2 is 1.06 bits per heavy atom. The van der Waals surface area contributed by atoms with Crippen molar-refractivity contribution >= 4 is 73.5 Å². The molecule has 4 amide bonds. The van der Waals surface area contributed by atoms with Crippen molar-refractivity contribution in [3.63, 3.8) is 0 Å². The predicted molar refractivity (Wildman–Crippen MR) is 360 cm³/mol. The van der Waals surface area contributed by atoms with E-state index >= 15 is 0 Å². The Labute approximate surface area is 567 Å². The molecular formula is C65H107N11O18S2. The van der Waals surface area contributed by atoms with Gasteiger partial charge in [-0.25, -0.2) is 13.4 Å². The minimum absolute atomic E-state index is 0.0303. The number of rotatable bonds is 31. The molecule has 7 N–H and O–H groups in total. The summed E-state index contributed by atoms with van der Waals surface area (Å²) in [7, 11) is -9.23. The summed E-state index contributed by atoms with van der Waals surface area (Å²) in [6, 6.07) is 3.85. The highest BCUT2D eigenvalue weighted by Gasteiger charge is 2.34. The fraction of sp³-hybridized carbons (Fsp3) is 0.708. The molecule has 0 spiro atoms. The first-order valence-electron chi connectivity index (χ1n) is 32.8. The van der Waals surface area contributed by atoms with Gasteiger partial charge in [0.05, 0.1) is 37.7 Å². The van der Waals surface area contributed by atoms with Gasteiger partial charge in [0.15, 0.2) is 0 Å². The average Bonchev–Trinajstić information content (AvgIpc) is 0.794. The van der Waals surface area contributed by atoms with Crippen LogP contribution in [0.3, 0.4) is 0 Å². The van der Waals surface area contributed by atoms with Crippen LogP contribution in [0.4, 0.5) is 5.82 Å².